The van der Waals surface area contributed by atoms with Crippen LogP contribution in [0, 0.1) is 0 Å². The molecule has 13 heteroatoms. The summed E-state index contributed by atoms with van der Waals surface area (Å²) >= 11 is 12.4. The first-order chi connectivity index (χ1) is 14.0. The molecule has 1 fully saturated rings. The van der Waals surface area contributed by atoms with Crippen molar-refractivity contribution in [2.45, 2.75) is 11.2 Å². The maximum atomic E-state index is 12.5. The van der Waals surface area contributed by atoms with Crippen LogP contribution < -0.4 is 20.9 Å². The number of anilines is 2. The number of carboxylic acids is 1. The van der Waals surface area contributed by atoms with E-state index in [1.165, 1.54) is 18.6 Å². The first kappa shape index (κ1) is 23.8. The molecular formula is C17H18Cl2F3N5O3. The van der Waals surface area contributed by atoms with Gasteiger partial charge in [-0.3, -0.25) is 9.79 Å². The number of aliphatic imine (C=N–C) groups is 1. The van der Waals surface area contributed by atoms with Gasteiger partial charge in [-0.05, 0) is 18.2 Å². The number of hydrogen-bond acceptors (Lipinski definition) is 6. The lowest BCUT2D eigenvalue weighted by molar-refractivity contribution is -0.192. The molecule has 1 atom stereocenters. The van der Waals surface area contributed by atoms with Crippen molar-refractivity contribution in [2.75, 3.05) is 36.4 Å². The standard InChI is InChI=1S/C15H17Cl2N5O.C2HF3O2/c16-11-1-2-12(13(9-11)22-7-5-18-6-8-22)21-14(23)15(17)10-19-3-4-20-15;3-2(4,5)1(6)7/h1-4,9-10,18,20H,5-8H2,(H,21,23);(H,6,7). The van der Waals surface area contributed by atoms with Gasteiger partial charge in [0.05, 0.1) is 17.6 Å². The highest BCUT2D eigenvalue weighted by Gasteiger charge is 2.38. The molecule has 1 amide bonds. The Morgan fingerprint density at radius 1 is 1.27 bits per heavy atom. The number of carbonyl (C=O) groups is 2. The van der Waals surface area contributed by atoms with Gasteiger partial charge in [0.15, 0.2) is 0 Å². The second kappa shape index (κ2) is 10.0. The third kappa shape index (κ3) is 6.51. The highest BCUT2D eigenvalue weighted by molar-refractivity contribution is 6.45. The van der Waals surface area contributed by atoms with Gasteiger partial charge in [0, 0.05) is 43.6 Å². The van der Waals surface area contributed by atoms with Gasteiger partial charge in [-0.1, -0.05) is 23.2 Å². The van der Waals surface area contributed by atoms with Crippen molar-refractivity contribution in [3.8, 4) is 0 Å². The summed E-state index contributed by atoms with van der Waals surface area (Å²) in [4.78, 5) is 26.1. The topological polar surface area (TPSA) is 106 Å². The summed E-state index contributed by atoms with van der Waals surface area (Å²) in [5, 5.41) is 16.7. The van der Waals surface area contributed by atoms with Crippen molar-refractivity contribution in [2.24, 2.45) is 4.99 Å². The molecule has 2 aliphatic heterocycles. The summed E-state index contributed by atoms with van der Waals surface area (Å²) in [6.07, 6.45) is -0.654. The van der Waals surface area contributed by atoms with Gasteiger partial charge in [-0.15, -0.1) is 0 Å². The molecule has 0 bridgehead atoms. The molecular weight excluding hydrogens is 450 g/mol. The van der Waals surface area contributed by atoms with Crippen molar-refractivity contribution in [1.29, 1.82) is 0 Å². The van der Waals surface area contributed by atoms with Gasteiger partial charge in [-0.25, -0.2) is 4.79 Å². The summed E-state index contributed by atoms with van der Waals surface area (Å²) in [6, 6.07) is 5.38. The molecule has 2 heterocycles. The minimum absolute atomic E-state index is 0.397. The molecule has 0 radical (unpaired) electrons. The number of nitrogens with zero attached hydrogens (tertiary/aromatic N) is 2. The van der Waals surface area contributed by atoms with E-state index in [4.69, 9.17) is 33.1 Å². The van der Waals surface area contributed by atoms with Crippen LogP contribution in [0.5, 0.6) is 0 Å². The van der Waals surface area contributed by atoms with E-state index in [-0.39, 0.29) is 0 Å². The van der Waals surface area contributed by atoms with E-state index in [9.17, 15) is 18.0 Å². The number of rotatable bonds is 3. The number of carbonyl (C=O) groups excluding carboxylic acids is 1. The Bertz CT molecular complexity index is 844. The van der Waals surface area contributed by atoms with Crippen molar-refractivity contribution in [3.63, 3.8) is 0 Å². The van der Waals surface area contributed by atoms with E-state index in [1.807, 2.05) is 6.07 Å². The number of amides is 1. The molecule has 1 unspecified atom stereocenters. The summed E-state index contributed by atoms with van der Waals surface area (Å²) in [6.45, 7) is 3.46. The average molecular weight is 468 g/mol. The van der Waals surface area contributed by atoms with E-state index in [0.717, 1.165) is 31.9 Å². The van der Waals surface area contributed by atoms with E-state index in [2.05, 4.69) is 25.8 Å². The predicted molar refractivity (Wildman–Crippen MR) is 108 cm³/mol. The highest BCUT2D eigenvalue weighted by atomic mass is 35.5. The van der Waals surface area contributed by atoms with Gasteiger partial charge in [0.2, 0.25) is 5.00 Å². The van der Waals surface area contributed by atoms with Gasteiger partial charge in [0.1, 0.15) is 0 Å². The zero-order chi connectivity index (χ0) is 22.4. The Kier molecular flexibility index (Phi) is 7.93. The van der Waals surface area contributed by atoms with Crippen molar-refractivity contribution in [1.82, 2.24) is 10.6 Å². The minimum Gasteiger partial charge on any atom is -0.475 e. The second-order valence-electron chi connectivity index (χ2n) is 6.11. The predicted octanol–water partition coefficient (Wildman–Crippen LogP) is 2.40. The molecule has 1 aromatic rings. The zero-order valence-corrected chi connectivity index (χ0v) is 16.9. The van der Waals surface area contributed by atoms with E-state index < -0.39 is 23.1 Å². The maximum Gasteiger partial charge on any atom is 0.490 e. The molecule has 0 aromatic heterocycles. The van der Waals surface area contributed by atoms with E-state index in [1.54, 1.807) is 12.1 Å². The largest absolute Gasteiger partial charge is 0.490 e. The van der Waals surface area contributed by atoms with Crippen LogP contribution in [0.2, 0.25) is 5.02 Å². The van der Waals surface area contributed by atoms with E-state index >= 15 is 0 Å². The summed E-state index contributed by atoms with van der Waals surface area (Å²) in [5.41, 5.74) is 1.56. The molecule has 3 rings (SSSR count). The van der Waals surface area contributed by atoms with Crippen LogP contribution >= 0.6 is 23.2 Å². The van der Waals surface area contributed by atoms with Crippen molar-refractivity contribution in [3.05, 3.63) is 35.6 Å². The van der Waals surface area contributed by atoms with Crippen LogP contribution in [0.4, 0.5) is 24.5 Å². The average Bonchev–Trinajstić information content (AvgIpc) is 2.70. The fourth-order valence-electron chi connectivity index (χ4n) is 2.50. The van der Waals surface area contributed by atoms with Gasteiger partial charge in [0.25, 0.3) is 5.91 Å². The van der Waals surface area contributed by atoms with Gasteiger partial charge in [-0.2, -0.15) is 13.2 Å². The third-order valence-corrected chi connectivity index (χ3v) is 4.56. The fraction of sp³-hybridized carbons (Fsp3) is 0.353. The van der Waals surface area contributed by atoms with Crippen molar-refractivity contribution < 1.29 is 27.9 Å². The van der Waals surface area contributed by atoms with Crippen LogP contribution in [0.15, 0.2) is 35.6 Å². The number of carboxylic acid groups (broad SMARTS) is 1. The lowest BCUT2D eigenvalue weighted by atomic mass is 10.2. The molecule has 0 spiro atoms. The fourth-order valence-corrected chi connectivity index (χ4v) is 2.83. The van der Waals surface area contributed by atoms with Crippen LogP contribution in [0.25, 0.3) is 0 Å². The zero-order valence-electron chi connectivity index (χ0n) is 15.3. The number of piperazine rings is 1. The van der Waals surface area contributed by atoms with Crippen LogP contribution in [-0.4, -0.2) is 60.6 Å². The van der Waals surface area contributed by atoms with E-state index in [0.29, 0.717) is 10.7 Å². The second-order valence-corrected chi connectivity index (χ2v) is 7.14. The van der Waals surface area contributed by atoms with Crippen LogP contribution in [-0.2, 0) is 9.59 Å². The maximum absolute atomic E-state index is 12.5. The highest BCUT2D eigenvalue weighted by Crippen LogP contribution is 2.30. The van der Waals surface area contributed by atoms with Crippen LogP contribution in [0.3, 0.4) is 0 Å². The molecule has 4 N–H and O–H groups in total. The monoisotopic (exact) mass is 467 g/mol. The first-order valence-corrected chi connectivity index (χ1v) is 9.31. The smallest absolute Gasteiger partial charge is 0.475 e. The first-order valence-electron chi connectivity index (χ1n) is 8.56. The molecule has 1 saturated heterocycles. The number of halogens is 5. The van der Waals surface area contributed by atoms with Gasteiger partial charge >= 0.3 is 12.1 Å². The molecule has 1 aromatic carbocycles. The molecule has 0 aliphatic carbocycles. The number of aliphatic carboxylic acids is 1. The summed E-state index contributed by atoms with van der Waals surface area (Å²) in [5.74, 6) is -3.15. The molecule has 164 valence electrons. The Labute approximate surface area is 179 Å². The number of hydrogen-bond donors (Lipinski definition) is 4. The molecule has 0 saturated carbocycles. The number of benzene rings is 1. The Morgan fingerprint density at radius 3 is 2.43 bits per heavy atom. The minimum atomic E-state index is -5.08. The molecule has 2 aliphatic rings. The SMILES string of the molecule is O=C(Nc1ccc(Cl)cc1N1CCNCC1)C1(Cl)C=NC=CN1.O=C(O)C(F)(F)F. The van der Waals surface area contributed by atoms with Crippen LogP contribution in [0.1, 0.15) is 0 Å². The Morgan fingerprint density at radius 2 is 1.90 bits per heavy atom. The quantitative estimate of drug-likeness (QED) is 0.401. The molecule has 30 heavy (non-hydrogen) atoms. The number of alkyl halides is 4. The summed E-state index contributed by atoms with van der Waals surface area (Å²) < 4.78 is 31.7. The van der Waals surface area contributed by atoms with Gasteiger partial charge < -0.3 is 26.0 Å². The van der Waals surface area contributed by atoms with Crippen molar-refractivity contribution >= 4 is 52.7 Å². The normalized spacial score (nSPS) is 20.6. The lowest BCUT2D eigenvalue weighted by Crippen LogP contribution is -2.50. The lowest BCUT2D eigenvalue weighted by Gasteiger charge is -2.32. The number of nitrogens with one attached hydrogen (secondary N) is 3. The summed E-state index contributed by atoms with van der Waals surface area (Å²) in [7, 11) is 0. The Hall–Kier alpha value is -2.50. The molecule has 8 nitrogen and oxygen atoms in total. The third-order valence-electron chi connectivity index (χ3n) is 3.95. The Balaban J connectivity index is 0.000000396.